The lowest BCUT2D eigenvalue weighted by atomic mass is 9.96. The van der Waals surface area contributed by atoms with E-state index in [-0.39, 0.29) is 6.42 Å². The first kappa shape index (κ1) is 21.6. The van der Waals surface area contributed by atoms with Crippen molar-refractivity contribution in [2.75, 3.05) is 4.31 Å². The van der Waals surface area contributed by atoms with Crippen LogP contribution in [0, 0.1) is 0 Å². The minimum atomic E-state index is -2.47. The topological polar surface area (TPSA) is 91.0 Å². The molecule has 3 aromatic rings. The van der Waals surface area contributed by atoms with Crippen molar-refractivity contribution in [3.63, 3.8) is 0 Å². The second-order valence-corrected chi connectivity index (χ2v) is 8.89. The predicted octanol–water partition coefficient (Wildman–Crippen LogP) is 5.12. The van der Waals surface area contributed by atoms with Gasteiger partial charge in [-0.1, -0.05) is 36.8 Å². The third kappa shape index (κ3) is 4.83. The number of nitrogens with zero attached hydrogens (tertiary/aromatic N) is 1. The van der Waals surface area contributed by atoms with E-state index in [1.165, 1.54) is 11.1 Å². The van der Waals surface area contributed by atoms with Gasteiger partial charge in [-0.15, -0.1) is 0 Å². The van der Waals surface area contributed by atoms with Crippen LogP contribution in [0.5, 0.6) is 0 Å². The number of carboxylic acids is 1. The molecule has 0 bridgehead atoms. The Bertz CT molecular complexity index is 1080. The van der Waals surface area contributed by atoms with E-state index in [1.807, 2.05) is 36.4 Å². The van der Waals surface area contributed by atoms with Crippen LogP contribution in [0.2, 0.25) is 0 Å². The number of hydrogen-bond acceptors (Lipinski definition) is 3. The fourth-order valence-corrected chi connectivity index (χ4v) is 5.13. The molecule has 4 rings (SSSR count). The third-order valence-corrected chi connectivity index (χ3v) is 6.77. The number of benzene rings is 2. The summed E-state index contributed by atoms with van der Waals surface area (Å²) in [5.41, 5.74) is 3.44. The molecule has 2 atom stereocenters. The molecule has 2 aromatic carbocycles. The second kappa shape index (κ2) is 9.66. The molecule has 1 heterocycles. The lowest BCUT2D eigenvalue weighted by molar-refractivity contribution is -0.138. The van der Waals surface area contributed by atoms with Gasteiger partial charge in [-0.2, -0.15) is 0 Å². The first-order valence-corrected chi connectivity index (χ1v) is 11.8. The van der Waals surface area contributed by atoms with Gasteiger partial charge < -0.3 is 9.52 Å². The summed E-state index contributed by atoms with van der Waals surface area (Å²) in [7, 11) is 0. The first-order valence-electron chi connectivity index (χ1n) is 10.8. The Balaban J connectivity index is 1.52. The van der Waals surface area contributed by atoms with Gasteiger partial charge in [0.05, 0.1) is 5.69 Å². The number of fused-ring (bicyclic) bond motifs is 3. The molecule has 0 saturated carbocycles. The zero-order valence-electron chi connectivity index (χ0n) is 17.3. The van der Waals surface area contributed by atoms with Crippen LogP contribution >= 0.6 is 0 Å². The van der Waals surface area contributed by atoms with E-state index in [2.05, 4.69) is 0 Å². The first-order chi connectivity index (χ1) is 15.0. The van der Waals surface area contributed by atoms with E-state index in [1.54, 1.807) is 12.1 Å². The van der Waals surface area contributed by atoms with Crippen LogP contribution in [0.1, 0.15) is 49.0 Å². The summed E-state index contributed by atoms with van der Waals surface area (Å²) in [6, 6.07) is 14.2. The van der Waals surface area contributed by atoms with Crippen molar-refractivity contribution in [2.45, 2.75) is 57.4 Å². The molecule has 31 heavy (non-hydrogen) atoms. The second-order valence-electron chi connectivity index (χ2n) is 8.03. The highest BCUT2D eigenvalue weighted by molar-refractivity contribution is 7.80. The van der Waals surface area contributed by atoms with Crippen molar-refractivity contribution in [3.05, 3.63) is 65.4 Å². The molecule has 0 saturated heterocycles. The van der Waals surface area contributed by atoms with Crippen LogP contribution < -0.4 is 4.31 Å². The average Bonchev–Trinajstić information content (AvgIpc) is 3.14. The molecule has 0 radical (unpaired) electrons. The van der Waals surface area contributed by atoms with Gasteiger partial charge in [0.1, 0.15) is 17.4 Å². The van der Waals surface area contributed by atoms with Crippen LogP contribution in [0.25, 0.3) is 11.0 Å². The van der Waals surface area contributed by atoms with Crippen molar-refractivity contribution in [2.24, 2.45) is 0 Å². The van der Waals surface area contributed by atoms with E-state index >= 15 is 0 Å². The molecule has 1 aliphatic carbocycles. The Morgan fingerprint density at radius 1 is 1.10 bits per heavy atom. The Morgan fingerprint density at radius 3 is 2.61 bits per heavy atom. The fourth-order valence-electron chi connectivity index (χ4n) is 4.42. The van der Waals surface area contributed by atoms with Crippen LogP contribution in [-0.2, 0) is 35.3 Å². The number of carboxylic acid groups (broad SMARTS) is 1. The van der Waals surface area contributed by atoms with Gasteiger partial charge in [0.15, 0.2) is 0 Å². The molecule has 1 aliphatic rings. The number of aryl methyl sites for hydroxylation is 3. The minimum absolute atomic E-state index is 0.279. The third-order valence-electron chi connectivity index (χ3n) is 5.97. The Labute approximate surface area is 184 Å². The number of rotatable bonds is 9. The maximum Gasteiger partial charge on any atom is 0.327 e. The summed E-state index contributed by atoms with van der Waals surface area (Å²) in [6.45, 7) is 0. The molecule has 0 aliphatic heterocycles. The van der Waals surface area contributed by atoms with Crippen LogP contribution in [0.3, 0.4) is 0 Å². The van der Waals surface area contributed by atoms with Crippen molar-refractivity contribution in [1.29, 1.82) is 0 Å². The molecule has 6 nitrogen and oxygen atoms in total. The highest BCUT2D eigenvalue weighted by atomic mass is 32.2. The Kier molecular flexibility index (Phi) is 6.73. The minimum Gasteiger partial charge on any atom is -0.480 e. The summed E-state index contributed by atoms with van der Waals surface area (Å²) in [4.78, 5) is 12.0. The van der Waals surface area contributed by atoms with Gasteiger partial charge in [-0.05, 0) is 56.2 Å². The quantitative estimate of drug-likeness (QED) is 0.355. The van der Waals surface area contributed by atoms with Crippen LogP contribution in [-0.4, -0.2) is 25.9 Å². The van der Waals surface area contributed by atoms with Crippen LogP contribution in [0.4, 0.5) is 5.69 Å². The summed E-state index contributed by atoms with van der Waals surface area (Å²) in [6.07, 6.45) is 6.66. The maximum absolute atomic E-state index is 12.2. The number of aliphatic carboxylic acids is 1. The van der Waals surface area contributed by atoms with Crippen LogP contribution in [0.15, 0.2) is 52.9 Å². The lowest BCUT2D eigenvalue weighted by Gasteiger charge is -2.26. The number of furan rings is 1. The molecule has 0 spiro atoms. The standard InChI is InChI=1S/C24H27NO5S/c26-24(27)21(12-6-4-10-17-8-2-1-3-9-17)25(31(28)29)18-14-15-20-19-11-5-7-13-22(19)30-23(20)16-18/h1-3,8-9,14-16,21H,4-7,10-13H2,(H,26,27)(H,28,29). The summed E-state index contributed by atoms with van der Waals surface area (Å²) in [5.74, 6) is -0.133. The smallest absolute Gasteiger partial charge is 0.327 e. The highest BCUT2D eigenvalue weighted by Gasteiger charge is 2.30. The molecule has 2 unspecified atom stereocenters. The summed E-state index contributed by atoms with van der Waals surface area (Å²) < 4.78 is 29.2. The van der Waals surface area contributed by atoms with E-state index in [0.717, 1.165) is 54.0 Å². The SMILES string of the molecule is O=C(O)C(CCCCc1ccccc1)N(c1ccc2c3c(oc2c1)CCCC3)S(=O)O. The molecule has 2 N–H and O–H groups in total. The number of unbranched alkanes of at least 4 members (excludes halogenated alkanes) is 1. The number of carbonyl (C=O) groups is 1. The zero-order valence-corrected chi connectivity index (χ0v) is 18.1. The highest BCUT2D eigenvalue weighted by Crippen LogP contribution is 2.35. The summed E-state index contributed by atoms with van der Waals surface area (Å²) in [5, 5.41) is 10.8. The fraction of sp³-hybridized carbons (Fsp3) is 0.375. The molecular formula is C24H27NO5S. The monoisotopic (exact) mass is 441 g/mol. The number of hydrogen-bond donors (Lipinski definition) is 2. The van der Waals surface area contributed by atoms with E-state index in [9.17, 15) is 18.7 Å². The molecule has 7 heteroatoms. The van der Waals surface area contributed by atoms with E-state index in [0.29, 0.717) is 17.7 Å². The van der Waals surface area contributed by atoms with E-state index < -0.39 is 23.3 Å². The van der Waals surface area contributed by atoms with Gasteiger partial charge >= 0.3 is 5.97 Å². The molecule has 1 aromatic heterocycles. The predicted molar refractivity (Wildman–Crippen MR) is 122 cm³/mol. The largest absolute Gasteiger partial charge is 0.480 e. The van der Waals surface area contributed by atoms with E-state index in [4.69, 9.17) is 4.42 Å². The Hall–Kier alpha value is -2.64. The lowest BCUT2D eigenvalue weighted by Crippen LogP contribution is -2.42. The van der Waals surface area contributed by atoms with Gasteiger partial charge in [-0.25, -0.2) is 9.00 Å². The van der Waals surface area contributed by atoms with Crippen molar-refractivity contribution in [3.8, 4) is 0 Å². The van der Waals surface area contributed by atoms with Crippen molar-refractivity contribution >= 4 is 33.9 Å². The zero-order chi connectivity index (χ0) is 21.8. The maximum atomic E-state index is 12.2. The van der Waals surface area contributed by atoms with Crippen molar-refractivity contribution in [1.82, 2.24) is 0 Å². The number of anilines is 1. The summed E-state index contributed by atoms with van der Waals surface area (Å²) >= 11 is -2.47. The van der Waals surface area contributed by atoms with Gasteiger partial charge in [0.25, 0.3) is 11.3 Å². The molecule has 0 amide bonds. The molecular weight excluding hydrogens is 414 g/mol. The molecule has 164 valence electrons. The normalized spacial score (nSPS) is 15.4. The van der Waals surface area contributed by atoms with Gasteiger partial charge in [0, 0.05) is 23.4 Å². The van der Waals surface area contributed by atoms with Crippen molar-refractivity contribution < 1.29 is 23.1 Å². The van der Waals surface area contributed by atoms with Gasteiger partial charge in [0.2, 0.25) is 0 Å². The average molecular weight is 442 g/mol. The van der Waals surface area contributed by atoms with Gasteiger partial charge in [-0.3, -0.25) is 8.86 Å². The Morgan fingerprint density at radius 2 is 1.87 bits per heavy atom. The molecule has 0 fully saturated rings.